The molecule has 30 heavy (non-hydrogen) atoms. The highest BCUT2D eigenvalue weighted by atomic mass is 32.2. The zero-order valence-corrected chi connectivity index (χ0v) is 16.6. The number of imide groups is 1. The lowest BCUT2D eigenvalue weighted by Gasteiger charge is -2.14. The summed E-state index contributed by atoms with van der Waals surface area (Å²) in [7, 11) is -3.88. The van der Waals surface area contributed by atoms with E-state index in [2.05, 4.69) is 4.72 Å². The van der Waals surface area contributed by atoms with Crippen LogP contribution in [0.3, 0.4) is 0 Å². The van der Waals surface area contributed by atoms with Gasteiger partial charge in [-0.25, -0.2) is 17.9 Å². The van der Waals surface area contributed by atoms with E-state index in [1.54, 1.807) is 12.1 Å². The van der Waals surface area contributed by atoms with Crippen LogP contribution in [0.25, 0.3) is 0 Å². The third-order valence-corrected chi connectivity index (χ3v) is 6.26. The van der Waals surface area contributed by atoms with Crippen LogP contribution in [0.1, 0.15) is 43.9 Å². The summed E-state index contributed by atoms with van der Waals surface area (Å²) >= 11 is 0. The summed E-state index contributed by atoms with van der Waals surface area (Å²) < 4.78 is 32.9. The first-order chi connectivity index (χ1) is 14.4. The molecule has 0 radical (unpaired) electrons. The number of hydrogen-bond acceptors (Lipinski definition) is 7. The monoisotopic (exact) mass is 430 g/mol. The maximum atomic E-state index is 12.5. The quantitative estimate of drug-likeness (QED) is 0.690. The van der Waals surface area contributed by atoms with Crippen molar-refractivity contribution in [2.24, 2.45) is 0 Å². The fourth-order valence-corrected chi connectivity index (χ4v) is 4.38. The minimum absolute atomic E-state index is 0.119. The molecule has 0 bridgehead atoms. The zero-order valence-electron chi connectivity index (χ0n) is 15.7. The van der Waals surface area contributed by atoms with Crippen LogP contribution in [-0.2, 0) is 19.6 Å². The molecule has 0 aliphatic carbocycles. The number of carbonyl (C=O) groups excluding carboxylic acids is 3. The SMILES string of the molecule is O=C(ON1C(=O)c2ccccc2C1=O)c1cccc(S(=O)(=O)NCC2CCCO2)c1. The van der Waals surface area contributed by atoms with Gasteiger partial charge in [0.2, 0.25) is 10.0 Å². The van der Waals surface area contributed by atoms with Crippen molar-refractivity contribution in [1.82, 2.24) is 9.79 Å². The molecule has 10 heteroatoms. The number of nitrogens with zero attached hydrogens (tertiary/aromatic N) is 1. The average molecular weight is 430 g/mol. The Kier molecular flexibility index (Phi) is 5.37. The van der Waals surface area contributed by atoms with Crippen LogP contribution in [0.4, 0.5) is 0 Å². The van der Waals surface area contributed by atoms with Crippen molar-refractivity contribution in [2.45, 2.75) is 23.8 Å². The highest BCUT2D eigenvalue weighted by molar-refractivity contribution is 7.89. The molecule has 9 nitrogen and oxygen atoms in total. The Morgan fingerprint density at radius 1 is 1.10 bits per heavy atom. The number of amides is 2. The summed E-state index contributed by atoms with van der Waals surface area (Å²) in [4.78, 5) is 42.0. The molecule has 1 saturated heterocycles. The third kappa shape index (κ3) is 3.84. The van der Waals surface area contributed by atoms with Gasteiger partial charge in [-0.1, -0.05) is 23.3 Å². The van der Waals surface area contributed by atoms with Crippen molar-refractivity contribution in [3.63, 3.8) is 0 Å². The first-order valence-electron chi connectivity index (χ1n) is 9.28. The van der Waals surface area contributed by atoms with E-state index in [1.165, 1.54) is 30.3 Å². The van der Waals surface area contributed by atoms with Gasteiger partial charge in [0.1, 0.15) is 0 Å². The third-order valence-electron chi connectivity index (χ3n) is 4.84. The Morgan fingerprint density at radius 3 is 2.43 bits per heavy atom. The van der Waals surface area contributed by atoms with Gasteiger partial charge in [-0.15, -0.1) is 0 Å². The van der Waals surface area contributed by atoms with Crippen LogP contribution in [0, 0.1) is 0 Å². The van der Waals surface area contributed by atoms with Crippen molar-refractivity contribution in [3.8, 4) is 0 Å². The summed E-state index contributed by atoms with van der Waals surface area (Å²) in [6.45, 7) is 0.734. The molecular weight excluding hydrogens is 412 g/mol. The second-order valence-electron chi connectivity index (χ2n) is 6.84. The molecule has 1 unspecified atom stereocenters. The molecule has 0 aromatic heterocycles. The molecule has 1 N–H and O–H groups in total. The molecular formula is C20H18N2O7S. The molecule has 2 amide bonds. The van der Waals surface area contributed by atoms with E-state index in [4.69, 9.17) is 9.57 Å². The fourth-order valence-electron chi connectivity index (χ4n) is 3.27. The first-order valence-corrected chi connectivity index (χ1v) is 10.8. The van der Waals surface area contributed by atoms with Gasteiger partial charge in [-0.05, 0) is 43.2 Å². The highest BCUT2D eigenvalue weighted by Gasteiger charge is 2.38. The van der Waals surface area contributed by atoms with Gasteiger partial charge < -0.3 is 9.57 Å². The van der Waals surface area contributed by atoms with E-state index < -0.39 is 27.8 Å². The summed E-state index contributed by atoms with van der Waals surface area (Å²) in [6.07, 6.45) is 1.47. The van der Waals surface area contributed by atoms with Gasteiger partial charge in [0.25, 0.3) is 11.8 Å². The molecule has 1 atom stereocenters. The van der Waals surface area contributed by atoms with E-state index in [0.717, 1.165) is 18.9 Å². The maximum Gasteiger partial charge on any atom is 0.363 e. The predicted molar refractivity (Wildman–Crippen MR) is 103 cm³/mol. The zero-order chi connectivity index (χ0) is 21.3. The predicted octanol–water partition coefficient (Wildman–Crippen LogP) is 1.51. The van der Waals surface area contributed by atoms with Gasteiger partial charge >= 0.3 is 5.97 Å². The minimum atomic E-state index is -3.88. The highest BCUT2D eigenvalue weighted by Crippen LogP contribution is 2.23. The van der Waals surface area contributed by atoms with Crippen LogP contribution in [-0.4, -0.2) is 50.5 Å². The fraction of sp³-hybridized carbons (Fsp3) is 0.250. The Labute approximate surface area is 172 Å². The summed E-state index contributed by atoms with van der Waals surface area (Å²) in [5.41, 5.74) is 0.140. The summed E-state index contributed by atoms with van der Waals surface area (Å²) in [5, 5.41) is 0.379. The van der Waals surface area contributed by atoms with Crippen molar-refractivity contribution < 1.29 is 32.4 Å². The lowest BCUT2D eigenvalue weighted by Crippen LogP contribution is -2.33. The second-order valence-corrected chi connectivity index (χ2v) is 8.61. The van der Waals surface area contributed by atoms with Crippen LogP contribution in [0.2, 0.25) is 0 Å². The minimum Gasteiger partial charge on any atom is -0.377 e. The number of ether oxygens (including phenoxy) is 1. The van der Waals surface area contributed by atoms with Crippen LogP contribution in [0.15, 0.2) is 53.4 Å². The molecule has 2 aromatic rings. The number of carbonyl (C=O) groups is 3. The summed E-state index contributed by atoms with van der Waals surface area (Å²) in [6, 6.07) is 11.3. The van der Waals surface area contributed by atoms with Crippen molar-refractivity contribution in [1.29, 1.82) is 0 Å². The van der Waals surface area contributed by atoms with Crippen molar-refractivity contribution in [2.75, 3.05) is 13.2 Å². The largest absolute Gasteiger partial charge is 0.377 e. The molecule has 0 spiro atoms. The lowest BCUT2D eigenvalue weighted by atomic mass is 10.1. The van der Waals surface area contributed by atoms with Gasteiger partial charge in [-0.2, -0.15) is 0 Å². The van der Waals surface area contributed by atoms with Gasteiger partial charge in [0.15, 0.2) is 0 Å². The number of benzene rings is 2. The van der Waals surface area contributed by atoms with Gasteiger partial charge in [-0.3, -0.25) is 9.59 Å². The number of hydroxylamine groups is 2. The topological polar surface area (TPSA) is 119 Å². The standard InChI is InChI=1S/C20H18N2O7S/c23-18-16-8-1-2-9-17(16)19(24)22(18)29-20(25)13-5-3-7-15(11-13)30(26,27)21-12-14-6-4-10-28-14/h1-3,5,7-9,11,14,21H,4,6,10,12H2. The number of sulfonamides is 1. The first kappa shape index (κ1) is 20.2. The number of hydrogen-bond donors (Lipinski definition) is 1. The molecule has 4 rings (SSSR count). The molecule has 1 fully saturated rings. The lowest BCUT2D eigenvalue weighted by molar-refractivity contribution is -0.0584. The Morgan fingerprint density at radius 2 is 1.80 bits per heavy atom. The maximum absolute atomic E-state index is 12.5. The van der Waals surface area contributed by atoms with Gasteiger partial charge in [0.05, 0.1) is 27.7 Å². The molecule has 2 aliphatic rings. The summed E-state index contributed by atoms with van der Waals surface area (Å²) in [5.74, 6) is -2.54. The van der Waals surface area contributed by atoms with Crippen molar-refractivity contribution in [3.05, 3.63) is 65.2 Å². The molecule has 156 valence electrons. The van der Waals surface area contributed by atoms with Crippen LogP contribution < -0.4 is 4.72 Å². The molecule has 2 heterocycles. The Balaban J connectivity index is 1.48. The number of nitrogens with one attached hydrogen (secondary N) is 1. The molecule has 2 aliphatic heterocycles. The van der Waals surface area contributed by atoms with Crippen molar-refractivity contribution >= 4 is 27.8 Å². The van der Waals surface area contributed by atoms with E-state index >= 15 is 0 Å². The Hall–Kier alpha value is -3.08. The normalized spacial score (nSPS) is 18.5. The van der Waals surface area contributed by atoms with E-state index in [-0.39, 0.29) is 34.2 Å². The van der Waals surface area contributed by atoms with E-state index in [0.29, 0.717) is 11.7 Å². The average Bonchev–Trinajstić information content (AvgIpc) is 3.36. The van der Waals surface area contributed by atoms with Gasteiger partial charge in [0, 0.05) is 13.2 Å². The van der Waals surface area contributed by atoms with E-state index in [9.17, 15) is 22.8 Å². The molecule has 0 saturated carbocycles. The molecule has 2 aromatic carbocycles. The Bertz CT molecular complexity index is 1090. The smallest absolute Gasteiger partial charge is 0.363 e. The number of fused-ring (bicyclic) bond motifs is 1. The van der Waals surface area contributed by atoms with Crippen LogP contribution >= 0.6 is 0 Å². The number of rotatable bonds is 6. The second kappa shape index (κ2) is 7.98. The van der Waals surface area contributed by atoms with E-state index in [1.807, 2.05) is 0 Å². The van der Waals surface area contributed by atoms with Crippen LogP contribution in [0.5, 0.6) is 0 Å².